The Morgan fingerprint density at radius 1 is 0.769 bits per heavy atom. The van der Waals surface area contributed by atoms with E-state index in [4.69, 9.17) is 16.3 Å². The van der Waals surface area contributed by atoms with Gasteiger partial charge in [-0.2, -0.15) is 0 Å². The Bertz CT molecular complexity index is 1020. The van der Waals surface area contributed by atoms with Crippen molar-refractivity contribution in [2.45, 2.75) is 0 Å². The minimum Gasteiger partial charge on any atom is -0.402 e. The van der Waals surface area contributed by atoms with Crippen molar-refractivity contribution in [3.63, 3.8) is 0 Å². The van der Waals surface area contributed by atoms with Gasteiger partial charge in [0, 0.05) is 10.6 Å². The predicted molar refractivity (Wildman–Crippen MR) is 104 cm³/mol. The number of ether oxygens (including phenoxy) is 1. The standard InChI is InChI=1S/C22H14ClNO2/c23-19-9-5-4-8-18(19)14-20-22(25)26-21(24-20)17-12-10-16(11-13-17)15-6-2-1-3-7-15/h1-14H. The van der Waals surface area contributed by atoms with Crippen LogP contribution in [-0.4, -0.2) is 11.9 Å². The molecule has 4 rings (SSSR count). The molecule has 1 aliphatic rings. The molecule has 0 saturated carbocycles. The molecule has 0 fully saturated rings. The molecule has 26 heavy (non-hydrogen) atoms. The maximum Gasteiger partial charge on any atom is 0.363 e. The fourth-order valence-electron chi connectivity index (χ4n) is 2.71. The summed E-state index contributed by atoms with van der Waals surface area (Å²) in [4.78, 5) is 16.4. The second-order valence-corrected chi connectivity index (χ2v) is 6.21. The van der Waals surface area contributed by atoms with Crippen LogP contribution >= 0.6 is 11.6 Å². The smallest absolute Gasteiger partial charge is 0.363 e. The van der Waals surface area contributed by atoms with Crippen LogP contribution in [0.3, 0.4) is 0 Å². The first kappa shape index (κ1) is 16.3. The van der Waals surface area contributed by atoms with Gasteiger partial charge in [-0.15, -0.1) is 0 Å². The highest BCUT2D eigenvalue weighted by Crippen LogP contribution is 2.24. The van der Waals surface area contributed by atoms with E-state index >= 15 is 0 Å². The van der Waals surface area contributed by atoms with E-state index in [1.807, 2.05) is 72.8 Å². The highest BCUT2D eigenvalue weighted by molar-refractivity contribution is 6.32. The van der Waals surface area contributed by atoms with Crippen LogP contribution < -0.4 is 0 Å². The molecule has 3 nitrogen and oxygen atoms in total. The summed E-state index contributed by atoms with van der Waals surface area (Å²) >= 11 is 6.13. The quantitative estimate of drug-likeness (QED) is 0.467. The van der Waals surface area contributed by atoms with Crippen molar-refractivity contribution < 1.29 is 9.53 Å². The van der Waals surface area contributed by atoms with Crippen molar-refractivity contribution in [2.75, 3.05) is 0 Å². The molecule has 3 aromatic carbocycles. The first-order valence-corrected chi connectivity index (χ1v) is 8.51. The number of carbonyl (C=O) groups excluding carboxylic acids is 1. The summed E-state index contributed by atoms with van der Waals surface area (Å²) in [5.74, 6) is -0.181. The van der Waals surface area contributed by atoms with Crippen LogP contribution in [0.25, 0.3) is 17.2 Å². The molecule has 4 heteroatoms. The summed E-state index contributed by atoms with van der Waals surface area (Å²) in [7, 11) is 0. The second kappa shape index (κ2) is 6.98. The van der Waals surface area contributed by atoms with E-state index in [1.54, 1.807) is 12.1 Å². The highest BCUT2D eigenvalue weighted by atomic mass is 35.5. The van der Waals surface area contributed by atoms with Crippen molar-refractivity contribution >= 4 is 29.5 Å². The van der Waals surface area contributed by atoms with Crippen LogP contribution in [0.1, 0.15) is 11.1 Å². The fourth-order valence-corrected chi connectivity index (χ4v) is 2.90. The van der Waals surface area contributed by atoms with Gasteiger partial charge >= 0.3 is 5.97 Å². The predicted octanol–water partition coefficient (Wildman–Crippen LogP) is 5.35. The normalized spacial score (nSPS) is 15.0. The van der Waals surface area contributed by atoms with E-state index in [0.717, 1.165) is 22.3 Å². The summed E-state index contributed by atoms with van der Waals surface area (Å²) in [6.45, 7) is 0. The Balaban J connectivity index is 1.62. The van der Waals surface area contributed by atoms with Gasteiger partial charge in [0.25, 0.3) is 0 Å². The summed E-state index contributed by atoms with van der Waals surface area (Å²) < 4.78 is 5.32. The lowest BCUT2D eigenvalue weighted by atomic mass is 10.0. The molecular weight excluding hydrogens is 346 g/mol. The van der Waals surface area contributed by atoms with Crippen molar-refractivity contribution in [1.29, 1.82) is 0 Å². The number of nitrogens with zero attached hydrogens (tertiary/aromatic N) is 1. The zero-order valence-corrected chi connectivity index (χ0v) is 14.5. The molecular formula is C22H14ClNO2. The molecule has 0 unspecified atom stereocenters. The number of halogens is 1. The van der Waals surface area contributed by atoms with Crippen LogP contribution in [0.5, 0.6) is 0 Å². The molecule has 0 saturated heterocycles. The monoisotopic (exact) mass is 359 g/mol. The number of hydrogen-bond acceptors (Lipinski definition) is 3. The van der Waals surface area contributed by atoms with Gasteiger partial charge in [0.2, 0.25) is 5.90 Å². The third-order valence-electron chi connectivity index (χ3n) is 4.06. The van der Waals surface area contributed by atoms with Crippen LogP contribution in [0, 0.1) is 0 Å². The van der Waals surface area contributed by atoms with Gasteiger partial charge < -0.3 is 4.74 Å². The van der Waals surface area contributed by atoms with Crippen molar-refractivity contribution in [3.05, 3.63) is 101 Å². The topological polar surface area (TPSA) is 38.7 Å². The van der Waals surface area contributed by atoms with Crippen molar-refractivity contribution in [2.24, 2.45) is 4.99 Å². The third-order valence-corrected chi connectivity index (χ3v) is 4.40. The Morgan fingerprint density at radius 2 is 1.38 bits per heavy atom. The number of aliphatic imine (C=N–C) groups is 1. The Labute approximate surface area is 156 Å². The Hall–Kier alpha value is -3.17. The summed E-state index contributed by atoms with van der Waals surface area (Å²) in [5.41, 5.74) is 3.93. The molecule has 1 heterocycles. The maximum absolute atomic E-state index is 12.1. The number of benzene rings is 3. The molecule has 0 amide bonds. The number of cyclic esters (lactones) is 1. The van der Waals surface area contributed by atoms with E-state index in [2.05, 4.69) is 4.99 Å². The van der Waals surface area contributed by atoms with E-state index in [0.29, 0.717) is 10.9 Å². The minimum atomic E-state index is -0.480. The molecule has 0 atom stereocenters. The van der Waals surface area contributed by atoms with E-state index in [-0.39, 0.29) is 5.70 Å². The molecule has 0 radical (unpaired) electrons. The van der Waals surface area contributed by atoms with Crippen LogP contribution in [0.4, 0.5) is 0 Å². The van der Waals surface area contributed by atoms with Crippen LogP contribution in [0.15, 0.2) is 89.6 Å². The highest BCUT2D eigenvalue weighted by Gasteiger charge is 2.24. The van der Waals surface area contributed by atoms with Gasteiger partial charge in [0.1, 0.15) is 0 Å². The number of carbonyl (C=O) groups is 1. The van der Waals surface area contributed by atoms with Crippen molar-refractivity contribution in [3.8, 4) is 11.1 Å². The molecule has 126 valence electrons. The maximum atomic E-state index is 12.1. The average Bonchev–Trinajstić information content (AvgIpc) is 3.05. The number of esters is 1. The molecule has 3 aromatic rings. The molecule has 0 spiro atoms. The molecule has 1 aliphatic heterocycles. The van der Waals surface area contributed by atoms with Gasteiger partial charge in [-0.1, -0.05) is 72.3 Å². The van der Waals surface area contributed by atoms with E-state index in [1.165, 1.54) is 0 Å². The van der Waals surface area contributed by atoms with Gasteiger partial charge in [0.05, 0.1) is 0 Å². The van der Waals surface area contributed by atoms with Gasteiger partial charge in [-0.3, -0.25) is 0 Å². The van der Waals surface area contributed by atoms with Crippen LogP contribution in [-0.2, 0) is 9.53 Å². The molecule has 0 aromatic heterocycles. The first-order valence-electron chi connectivity index (χ1n) is 8.14. The molecule has 0 N–H and O–H groups in total. The lowest BCUT2D eigenvalue weighted by Gasteiger charge is -2.03. The van der Waals surface area contributed by atoms with Gasteiger partial charge in [0.15, 0.2) is 5.70 Å². The zero-order chi connectivity index (χ0) is 17.9. The summed E-state index contributed by atoms with van der Waals surface area (Å²) in [5, 5.41) is 0.559. The van der Waals surface area contributed by atoms with Gasteiger partial charge in [-0.05, 0) is 41.0 Å². The fraction of sp³-hybridized carbons (Fsp3) is 0. The van der Waals surface area contributed by atoms with E-state index < -0.39 is 5.97 Å². The van der Waals surface area contributed by atoms with Crippen molar-refractivity contribution in [1.82, 2.24) is 0 Å². The molecule has 0 aliphatic carbocycles. The summed E-state index contributed by atoms with van der Waals surface area (Å²) in [6, 6.07) is 25.1. The minimum absolute atomic E-state index is 0.236. The SMILES string of the molecule is O=C1OC(c2ccc(-c3ccccc3)cc2)=NC1=Cc1ccccc1Cl. The third kappa shape index (κ3) is 3.30. The van der Waals surface area contributed by atoms with Crippen LogP contribution in [0.2, 0.25) is 5.02 Å². The summed E-state index contributed by atoms with van der Waals surface area (Å²) in [6.07, 6.45) is 1.63. The van der Waals surface area contributed by atoms with E-state index in [9.17, 15) is 4.79 Å². The first-order chi connectivity index (χ1) is 12.7. The molecule has 0 bridgehead atoms. The lowest BCUT2D eigenvalue weighted by molar-refractivity contribution is -0.129. The largest absolute Gasteiger partial charge is 0.402 e. The van der Waals surface area contributed by atoms with Gasteiger partial charge in [-0.25, -0.2) is 9.79 Å². The Kier molecular flexibility index (Phi) is 4.38. The lowest BCUT2D eigenvalue weighted by Crippen LogP contribution is -2.05. The Morgan fingerprint density at radius 3 is 2.12 bits per heavy atom. The average molecular weight is 360 g/mol. The second-order valence-electron chi connectivity index (χ2n) is 5.80. The number of hydrogen-bond donors (Lipinski definition) is 0. The zero-order valence-electron chi connectivity index (χ0n) is 13.7. The number of rotatable bonds is 3.